The number of carbonyl (C=O) groups is 1. The Morgan fingerprint density at radius 1 is 1.27 bits per heavy atom. The molecule has 2 heterocycles. The van der Waals surface area contributed by atoms with Crippen LogP contribution in [0.3, 0.4) is 0 Å². The lowest BCUT2D eigenvalue weighted by atomic mass is 9.98. The number of hydrogen-bond donors (Lipinski definition) is 1. The summed E-state index contributed by atoms with van der Waals surface area (Å²) < 4.78 is 2.01. The molecule has 0 spiro atoms. The Balaban J connectivity index is 1.63. The Labute approximate surface area is 153 Å². The van der Waals surface area contributed by atoms with Gasteiger partial charge in [0.25, 0.3) is 0 Å². The number of hydrogen-bond acceptors (Lipinski definition) is 4. The topological polar surface area (TPSA) is 67.1 Å². The zero-order valence-corrected chi connectivity index (χ0v) is 15.0. The van der Waals surface area contributed by atoms with E-state index in [1.807, 2.05) is 60.3 Å². The van der Waals surface area contributed by atoms with E-state index in [0.29, 0.717) is 19.7 Å². The molecule has 6 nitrogen and oxygen atoms in total. The Bertz CT molecular complexity index is 755. The van der Waals surface area contributed by atoms with Gasteiger partial charge in [-0.05, 0) is 31.5 Å². The van der Waals surface area contributed by atoms with Gasteiger partial charge in [-0.2, -0.15) is 0 Å². The summed E-state index contributed by atoms with van der Waals surface area (Å²) in [7, 11) is 1.98. The molecule has 1 aromatic carbocycles. The molecule has 1 saturated heterocycles. The molecule has 0 bridgehead atoms. The first kappa shape index (κ1) is 18.2. The minimum atomic E-state index is -0.705. The molecule has 0 amide bonds. The first-order valence-corrected chi connectivity index (χ1v) is 8.97. The van der Waals surface area contributed by atoms with E-state index in [9.17, 15) is 9.90 Å². The van der Waals surface area contributed by atoms with Crippen molar-refractivity contribution in [3.05, 3.63) is 59.9 Å². The van der Waals surface area contributed by atoms with Crippen molar-refractivity contribution in [2.24, 2.45) is 18.1 Å². The van der Waals surface area contributed by atoms with Crippen molar-refractivity contribution in [1.29, 1.82) is 0 Å². The number of likely N-dealkylation sites (tertiary alicyclic amines) is 1. The summed E-state index contributed by atoms with van der Waals surface area (Å²) >= 11 is 0. The normalized spacial score (nSPS) is 18.7. The summed E-state index contributed by atoms with van der Waals surface area (Å²) in [6.07, 6.45) is 3.66. The molecule has 1 atom stereocenters. The van der Waals surface area contributed by atoms with Gasteiger partial charge in [0.15, 0.2) is 0 Å². The van der Waals surface area contributed by atoms with Crippen LogP contribution in [0.25, 0.3) is 0 Å². The van der Waals surface area contributed by atoms with Gasteiger partial charge in [0.2, 0.25) is 0 Å². The summed E-state index contributed by atoms with van der Waals surface area (Å²) in [4.78, 5) is 18.9. The minimum absolute atomic E-state index is 0.268. The highest BCUT2D eigenvalue weighted by molar-refractivity contribution is 6.11. The molecule has 0 unspecified atom stereocenters. The quantitative estimate of drug-likeness (QED) is 0.471. The van der Waals surface area contributed by atoms with Crippen LogP contribution in [-0.2, 0) is 16.7 Å². The first-order chi connectivity index (χ1) is 12.6. The third kappa shape index (κ3) is 4.52. The number of aliphatic carboxylic acids is 1. The van der Waals surface area contributed by atoms with E-state index >= 15 is 0 Å². The fraction of sp³-hybridized carbons (Fsp3) is 0.400. The molecule has 1 N–H and O–H groups in total. The van der Waals surface area contributed by atoms with Crippen LogP contribution in [0.1, 0.15) is 24.1 Å². The van der Waals surface area contributed by atoms with Crippen molar-refractivity contribution in [3.8, 4) is 0 Å². The number of rotatable bonds is 7. The summed E-state index contributed by atoms with van der Waals surface area (Å²) in [6.45, 7) is 2.63. The number of nitrogens with zero attached hydrogens (tertiary/aromatic N) is 3. The number of aryl methyl sites for hydroxylation is 1. The maximum absolute atomic E-state index is 11.2. The molecule has 0 saturated carbocycles. The van der Waals surface area contributed by atoms with Crippen molar-refractivity contribution in [2.45, 2.75) is 12.8 Å². The van der Waals surface area contributed by atoms with E-state index in [2.05, 4.69) is 10.1 Å². The van der Waals surface area contributed by atoms with E-state index in [-0.39, 0.29) is 5.92 Å². The van der Waals surface area contributed by atoms with E-state index in [1.54, 1.807) is 0 Å². The molecule has 1 aromatic heterocycles. The van der Waals surface area contributed by atoms with Gasteiger partial charge in [0.05, 0.1) is 11.6 Å². The zero-order valence-electron chi connectivity index (χ0n) is 15.0. The Kier molecular flexibility index (Phi) is 6.07. The van der Waals surface area contributed by atoms with Gasteiger partial charge in [0.1, 0.15) is 12.3 Å². The lowest BCUT2D eigenvalue weighted by Crippen LogP contribution is -2.40. The van der Waals surface area contributed by atoms with E-state index in [0.717, 1.165) is 36.4 Å². The van der Waals surface area contributed by atoms with Crippen molar-refractivity contribution in [2.75, 3.05) is 26.2 Å². The van der Waals surface area contributed by atoms with Crippen molar-refractivity contribution in [3.63, 3.8) is 0 Å². The second-order valence-electron chi connectivity index (χ2n) is 6.62. The first-order valence-electron chi connectivity index (χ1n) is 8.97. The van der Waals surface area contributed by atoms with Gasteiger partial charge in [-0.3, -0.25) is 9.69 Å². The van der Waals surface area contributed by atoms with Crippen molar-refractivity contribution >= 4 is 11.7 Å². The lowest BCUT2D eigenvalue weighted by molar-refractivity contribution is -0.143. The summed E-state index contributed by atoms with van der Waals surface area (Å²) in [5.41, 5.74) is 2.78. The number of benzene rings is 1. The largest absolute Gasteiger partial charge is 0.481 e. The highest BCUT2D eigenvalue weighted by atomic mass is 16.6. The second-order valence-corrected chi connectivity index (χ2v) is 6.62. The number of piperidine rings is 1. The molecule has 0 radical (unpaired) electrons. The maximum atomic E-state index is 11.2. The summed E-state index contributed by atoms with van der Waals surface area (Å²) in [6, 6.07) is 13.9. The standard InChI is InChI=1S/C20H25N3O3/c1-22-11-6-10-18(22)19(16-7-3-2-4-8-16)21-26-14-13-23-12-5-9-17(15-23)20(24)25/h2-4,6-8,10-11,17H,5,9,12-15H2,1H3,(H,24,25)/b21-19-/t17-/m1/s1. The Hall–Kier alpha value is -2.60. The van der Waals surface area contributed by atoms with Crippen LogP contribution < -0.4 is 0 Å². The molecule has 6 heteroatoms. The van der Waals surface area contributed by atoms with Crippen LogP contribution in [-0.4, -0.2) is 52.5 Å². The van der Waals surface area contributed by atoms with Crippen LogP contribution in [0, 0.1) is 5.92 Å². The zero-order chi connectivity index (χ0) is 18.4. The average Bonchev–Trinajstić information content (AvgIpc) is 3.08. The lowest BCUT2D eigenvalue weighted by Gasteiger charge is -2.29. The van der Waals surface area contributed by atoms with Crippen LogP contribution in [0.15, 0.2) is 53.8 Å². The van der Waals surface area contributed by atoms with E-state index < -0.39 is 5.97 Å². The van der Waals surface area contributed by atoms with Gasteiger partial charge >= 0.3 is 5.97 Å². The predicted molar refractivity (Wildman–Crippen MR) is 100 cm³/mol. The number of oxime groups is 1. The Morgan fingerprint density at radius 3 is 2.77 bits per heavy atom. The van der Waals surface area contributed by atoms with Gasteiger partial charge in [-0.25, -0.2) is 0 Å². The summed E-state index contributed by atoms with van der Waals surface area (Å²) in [5, 5.41) is 13.6. The third-order valence-electron chi connectivity index (χ3n) is 4.74. The molecular formula is C20H25N3O3. The van der Waals surface area contributed by atoms with E-state index in [4.69, 9.17) is 4.84 Å². The molecule has 2 aromatic rings. The molecule has 1 aliphatic heterocycles. The van der Waals surface area contributed by atoms with Crippen LogP contribution in [0.4, 0.5) is 0 Å². The maximum Gasteiger partial charge on any atom is 0.307 e. The highest BCUT2D eigenvalue weighted by Gasteiger charge is 2.25. The monoisotopic (exact) mass is 355 g/mol. The number of carboxylic acid groups (broad SMARTS) is 1. The fourth-order valence-electron chi connectivity index (χ4n) is 3.29. The molecule has 1 fully saturated rings. The third-order valence-corrected chi connectivity index (χ3v) is 4.74. The molecule has 3 rings (SSSR count). The number of aromatic nitrogens is 1. The van der Waals surface area contributed by atoms with E-state index in [1.165, 1.54) is 0 Å². The van der Waals surface area contributed by atoms with Crippen LogP contribution in [0.5, 0.6) is 0 Å². The number of carboxylic acids is 1. The van der Waals surface area contributed by atoms with Gasteiger partial charge < -0.3 is 14.5 Å². The van der Waals surface area contributed by atoms with Crippen molar-refractivity contribution in [1.82, 2.24) is 9.47 Å². The van der Waals surface area contributed by atoms with Crippen LogP contribution >= 0.6 is 0 Å². The van der Waals surface area contributed by atoms with Gasteiger partial charge in [-0.15, -0.1) is 0 Å². The minimum Gasteiger partial charge on any atom is -0.481 e. The van der Waals surface area contributed by atoms with Gasteiger partial charge in [-0.1, -0.05) is 35.5 Å². The SMILES string of the molecule is Cn1cccc1/C(=N\OCCN1CCC[C@@H](C(=O)O)C1)c1ccccc1. The predicted octanol–water partition coefficient (Wildman–Crippen LogP) is 2.59. The summed E-state index contributed by atoms with van der Waals surface area (Å²) in [5.74, 6) is -0.973. The molecule has 0 aliphatic carbocycles. The second kappa shape index (κ2) is 8.67. The average molecular weight is 355 g/mol. The highest BCUT2D eigenvalue weighted by Crippen LogP contribution is 2.16. The van der Waals surface area contributed by atoms with Crippen LogP contribution in [0.2, 0.25) is 0 Å². The Morgan fingerprint density at radius 2 is 2.08 bits per heavy atom. The molecule has 26 heavy (non-hydrogen) atoms. The molecule has 1 aliphatic rings. The van der Waals surface area contributed by atoms with Gasteiger partial charge in [0, 0.05) is 31.9 Å². The molecular weight excluding hydrogens is 330 g/mol. The smallest absolute Gasteiger partial charge is 0.307 e. The van der Waals surface area contributed by atoms with Crippen molar-refractivity contribution < 1.29 is 14.7 Å². The molecule has 138 valence electrons. The fourth-order valence-corrected chi connectivity index (χ4v) is 3.29.